The summed E-state index contributed by atoms with van der Waals surface area (Å²) in [5.74, 6) is -1.14. The molecule has 0 saturated heterocycles. The van der Waals surface area contributed by atoms with Gasteiger partial charge >= 0.3 is 0 Å². The number of hydrogen-bond donors (Lipinski definition) is 2. The van der Waals surface area contributed by atoms with Gasteiger partial charge in [0.05, 0.1) is 6.42 Å². The quantitative estimate of drug-likeness (QED) is 0.823. The lowest BCUT2D eigenvalue weighted by molar-refractivity contribution is -0.133. The van der Waals surface area contributed by atoms with Crippen molar-refractivity contribution in [3.63, 3.8) is 0 Å². The number of carbonyl (C=O) groups excluding carboxylic acids is 3. The van der Waals surface area contributed by atoms with Crippen molar-refractivity contribution in [1.82, 2.24) is 10.6 Å². The molecule has 1 aromatic carbocycles. The lowest BCUT2D eigenvalue weighted by Gasteiger charge is -2.14. The Morgan fingerprint density at radius 2 is 1.79 bits per heavy atom. The maximum absolute atomic E-state index is 11.8. The number of imide groups is 1. The molecule has 0 saturated carbocycles. The molecule has 0 radical (unpaired) electrons. The number of carbonyl (C=O) groups is 3. The first kappa shape index (κ1) is 14.9. The Bertz CT molecular complexity index is 457. The first-order chi connectivity index (χ1) is 9.02. The van der Waals surface area contributed by atoms with Crippen molar-refractivity contribution in [3.8, 4) is 0 Å². The van der Waals surface area contributed by atoms with Gasteiger partial charge in [-0.15, -0.1) is 0 Å². The average Bonchev–Trinajstić information content (AvgIpc) is 2.36. The molecule has 1 aromatic rings. The summed E-state index contributed by atoms with van der Waals surface area (Å²) in [7, 11) is 0. The fourth-order valence-corrected chi connectivity index (χ4v) is 1.65. The zero-order valence-corrected chi connectivity index (χ0v) is 11.1. The van der Waals surface area contributed by atoms with Gasteiger partial charge < -0.3 is 5.32 Å². The summed E-state index contributed by atoms with van der Waals surface area (Å²) in [5.41, 5.74) is 0.834. The van der Waals surface area contributed by atoms with E-state index < -0.39 is 11.9 Å². The minimum atomic E-state index is -0.669. The van der Waals surface area contributed by atoms with Crippen molar-refractivity contribution in [2.24, 2.45) is 0 Å². The van der Waals surface area contributed by atoms with Gasteiger partial charge in [0.1, 0.15) is 6.04 Å². The van der Waals surface area contributed by atoms with Crippen LogP contribution in [0.25, 0.3) is 0 Å². The Labute approximate surface area is 112 Å². The summed E-state index contributed by atoms with van der Waals surface area (Å²) in [5, 5.41) is 4.79. The lowest BCUT2D eigenvalue weighted by Crippen LogP contribution is -2.47. The third-order valence-electron chi connectivity index (χ3n) is 2.57. The molecule has 5 heteroatoms. The zero-order chi connectivity index (χ0) is 14.3. The number of hydrogen-bond acceptors (Lipinski definition) is 3. The number of rotatable bonds is 5. The van der Waals surface area contributed by atoms with Crippen molar-refractivity contribution < 1.29 is 14.4 Å². The predicted molar refractivity (Wildman–Crippen MR) is 71.2 cm³/mol. The largest absolute Gasteiger partial charge is 0.345 e. The second-order valence-electron chi connectivity index (χ2n) is 4.24. The Morgan fingerprint density at radius 3 is 2.32 bits per heavy atom. The van der Waals surface area contributed by atoms with Gasteiger partial charge in [0.25, 0.3) is 0 Å². The third-order valence-corrected chi connectivity index (χ3v) is 2.57. The summed E-state index contributed by atoms with van der Waals surface area (Å²) in [6, 6.07) is 8.48. The van der Waals surface area contributed by atoms with Crippen LogP contribution in [0.2, 0.25) is 0 Å². The highest BCUT2D eigenvalue weighted by Gasteiger charge is 2.19. The van der Waals surface area contributed by atoms with Gasteiger partial charge in [-0.25, -0.2) is 0 Å². The minimum Gasteiger partial charge on any atom is -0.345 e. The lowest BCUT2D eigenvalue weighted by atomic mass is 10.1. The molecule has 0 bridgehead atoms. The topological polar surface area (TPSA) is 75.3 Å². The third kappa shape index (κ3) is 5.33. The van der Waals surface area contributed by atoms with E-state index in [1.165, 1.54) is 6.92 Å². The highest BCUT2D eigenvalue weighted by atomic mass is 16.2. The van der Waals surface area contributed by atoms with Gasteiger partial charge in [-0.3, -0.25) is 19.7 Å². The molecule has 0 aliphatic heterocycles. The molecule has 2 N–H and O–H groups in total. The summed E-state index contributed by atoms with van der Waals surface area (Å²) in [6.45, 7) is 3.10. The summed E-state index contributed by atoms with van der Waals surface area (Å²) >= 11 is 0. The SMILES string of the molecule is CC[C@H](NC(C)=O)C(=O)NC(=O)Cc1ccccc1. The van der Waals surface area contributed by atoms with Crippen LogP contribution in [0.5, 0.6) is 0 Å². The first-order valence-electron chi connectivity index (χ1n) is 6.17. The summed E-state index contributed by atoms with van der Waals surface area (Å²) < 4.78 is 0. The van der Waals surface area contributed by atoms with Gasteiger partial charge in [-0.2, -0.15) is 0 Å². The van der Waals surface area contributed by atoms with Gasteiger partial charge in [-0.1, -0.05) is 37.3 Å². The molecule has 1 rings (SSSR count). The van der Waals surface area contributed by atoms with Crippen LogP contribution in [0.1, 0.15) is 25.8 Å². The van der Waals surface area contributed by atoms with Crippen molar-refractivity contribution in [1.29, 1.82) is 0 Å². The molecule has 5 nitrogen and oxygen atoms in total. The maximum atomic E-state index is 11.8. The van der Waals surface area contributed by atoms with Crippen LogP contribution in [-0.2, 0) is 20.8 Å². The molecule has 0 aliphatic rings. The van der Waals surface area contributed by atoms with E-state index in [2.05, 4.69) is 10.6 Å². The summed E-state index contributed by atoms with van der Waals surface area (Å²) in [4.78, 5) is 34.4. The first-order valence-corrected chi connectivity index (χ1v) is 6.17. The van der Waals surface area contributed by atoms with Crippen molar-refractivity contribution in [2.45, 2.75) is 32.7 Å². The van der Waals surface area contributed by atoms with E-state index in [0.29, 0.717) is 6.42 Å². The minimum absolute atomic E-state index is 0.142. The van der Waals surface area contributed by atoms with Crippen LogP contribution in [-0.4, -0.2) is 23.8 Å². The van der Waals surface area contributed by atoms with Gasteiger partial charge in [0.2, 0.25) is 17.7 Å². The van der Waals surface area contributed by atoms with Gasteiger partial charge in [0.15, 0.2) is 0 Å². The van der Waals surface area contributed by atoms with E-state index in [4.69, 9.17) is 0 Å². The molecule has 0 aromatic heterocycles. The Kier molecular flexibility index (Phi) is 5.73. The highest BCUT2D eigenvalue weighted by Crippen LogP contribution is 1.99. The van der Waals surface area contributed by atoms with Crippen LogP contribution in [0, 0.1) is 0 Å². The van der Waals surface area contributed by atoms with Gasteiger partial charge in [-0.05, 0) is 12.0 Å². The normalized spacial score (nSPS) is 11.5. The molecule has 0 aliphatic carbocycles. The van der Waals surface area contributed by atoms with Crippen molar-refractivity contribution in [2.75, 3.05) is 0 Å². The van der Waals surface area contributed by atoms with Crippen LogP contribution in [0.4, 0.5) is 0 Å². The Hall–Kier alpha value is -2.17. The Morgan fingerprint density at radius 1 is 1.16 bits per heavy atom. The van der Waals surface area contributed by atoms with Crippen molar-refractivity contribution in [3.05, 3.63) is 35.9 Å². The molecular weight excluding hydrogens is 244 g/mol. The summed E-state index contributed by atoms with van der Waals surface area (Å²) in [6.07, 6.45) is 0.577. The van der Waals surface area contributed by atoms with E-state index in [-0.39, 0.29) is 18.2 Å². The molecule has 0 unspecified atom stereocenters. The van der Waals surface area contributed by atoms with E-state index in [1.54, 1.807) is 6.92 Å². The average molecular weight is 262 g/mol. The second-order valence-corrected chi connectivity index (χ2v) is 4.24. The number of benzene rings is 1. The van der Waals surface area contributed by atoms with E-state index in [9.17, 15) is 14.4 Å². The molecule has 0 fully saturated rings. The molecule has 3 amide bonds. The monoisotopic (exact) mass is 262 g/mol. The number of nitrogens with one attached hydrogen (secondary N) is 2. The number of amides is 3. The van der Waals surface area contributed by atoms with Crippen molar-refractivity contribution >= 4 is 17.7 Å². The van der Waals surface area contributed by atoms with E-state index >= 15 is 0 Å². The maximum Gasteiger partial charge on any atom is 0.249 e. The Balaban J connectivity index is 2.51. The molecule has 1 atom stereocenters. The standard InChI is InChI=1S/C14H18N2O3/c1-3-12(15-10(2)17)14(19)16-13(18)9-11-7-5-4-6-8-11/h4-8,12H,3,9H2,1-2H3,(H,15,17)(H,16,18,19)/t12-/m0/s1. The molecular formula is C14H18N2O3. The van der Waals surface area contributed by atoms with Crippen LogP contribution in [0.15, 0.2) is 30.3 Å². The zero-order valence-electron chi connectivity index (χ0n) is 11.1. The molecule has 19 heavy (non-hydrogen) atoms. The van der Waals surface area contributed by atoms with E-state index in [0.717, 1.165) is 5.56 Å². The van der Waals surface area contributed by atoms with Crippen LogP contribution < -0.4 is 10.6 Å². The smallest absolute Gasteiger partial charge is 0.249 e. The fraction of sp³-hybridized carbons (Fsp3) is 0.357. The second kappa shape index (κ2) is 7.31. The molecule has 0 heterocycles. The predicted octanol–water partition coefficient (Wildman–Crippen LogP) is 0.787. The highest BCUT2D eigenvalue weighted by molar-refractivity contribution is 5.99. The molecule has 0 spiro atoms. The van der Waals surface area contributed by atoms with Crippen LogP contribution >= 0.6 is 0 Å². The van der Waals surface area contributed by atoms with Crippen LogP contribution in [0.3, 0.4) is 0 Å². The fourth-order valence-electron chi connectivity index (χ4n) is 1.65. The van der Waals surface area contributed by atoms with E-state index in [1.807, 2.05) is 30.3 Å². The van der Waals surface area contributed by atoms with Gasteiger partial charge in [0, 0.05) is 6.92 Å². The molecule has 102 valence electrons.